The molecule has 0 saturated carbocycles. The van der Waals surface area contributed by atoms with E-state index in [1.165, 1.54) is 11.8 Å². The fraction of sp³-hybridized carbons (Fsp3) is 0.385. The molecular formula is C13H15ClN2O2S. The van der Waals surface area contributed by atoms with Crippen LogP contribution in [-0.2, 0) is 4.79 Å². The van der Waals surface area contributed by atoms with Gasteiger partial charge in [-0.25, -0.2) is 0 Å². The second-order valence-electron chi connectivity index (χ2n) is 4.38. The van der Waals surface area contributed by atoms with Crippen LogP contribution in [0.25, 0.3) is 0 Å². The lowest BCUT2D eigenvalue weighted by Gasteiger charge is -2.18. The zero-order valence-electron chi connectivity index (χ0n) is 10.6. The quantitative estimate of drug-likeness (QED) is 0.930. The van der Waals surface area contributed by atoms with Gasteiger partial charge >= 0.3 is 0 Å². The van der Waals surface area contributed by atoms with Gasteiger partial charge in [0, 0.05) is 17.3 Å². The maximum Gasteiger partial charge on any atom is 0.282 e. The highest BCUT2D eigenvalue weighted by Crippen LogP contribution is 2.18. The molecule has 1 saturated heterocycles. The first-order chi connectivity index (χ1) is 9.06. The third-order valence-electron chi connectivity index (χ3n) is 2.93. The summed E-state index contributed by atoms with van der Waals surface area (Å²) in [6.07, 6.45) is 0. The molecule has 102 valence electrons. The van der Waals surface area contributed by atoms with Crippen molar-refractivity contribution in [3.8, 4) is 0 Å². The molecule has 0 radical (unpaired) electrons. The molecule has 0 spiro atoms. The predicted molar refractivity (Wildman–Crippen MR) is 77.4 cm³/mol. The molecular weight excluding hydrogens is 284 g/mol. The minimum Gasteiger partial charge on any atom is -0.348 e. The minimum absolute atomic E-state index is 0.0192. The summed E-state index contributed by atoms with van der Waals surface area (Å²) in [5.74, 6) is 0.622. The van der Waals surface area contributed by atoms with Crippen LogP contribution in [0.5, 0.6) is 0 Å². The van der Waals surface area contributed by atoms with Crippen molar-refractivity contribution in [1.29, 1.82) is 0 Å². The molecule has 1 aliphatic heterocycles. The SMILES string of the molecule is C[C@@H](NC(=O)CN1CCSC1=O)c1ccc(Cl)cc1. The molecule has 1 heterocycles. The maximum absolute atomic E-state index is 11.9. The highest BCUT2D eigenvalue weighted by molar-refractivity contribution is 8.13. The van der Waals surface area contributed by atoms with Gasteiger partial charge in [0.05, 0.1) is 6.04 Å². The van der Waals surface area contributed by atoms with E-state index in [4.69, 9.17) is 11.6 Å². The van der Waals surface area contributed by atoms with Gasteiger partial charge in [-0.15, -0.1) is 0 Å². The van der Waals surface area contributed by atoms with Gasteiger partial charge in [-0.05, 0) is 24.6 Å². The molecule has 1 aromatic rings. The van der Waals surface area contributed by atoms with E-state index in [1.54, 1.807) is 17.0 Å². The summed E-state index contributed by atoms with van der Waals surface area (Å²) >= 11 is 7.07. The van der Waals surface area contributed by atoms with E-state index >= 15 is 0 Å². The van der Waals surface area contributed by atoms with Gasteiger partial charge in [0.15, 0.2) is 0 Å². The first-order valence-corrected chi connectivity index (χ1v) is 7.39. The Hall–Kier alpha value is -1.20. The molecule has 19 heavy (non-hydrogen) atoms. The Balaban J connectivity index is 1.87. The number of carbonyl (C=O) groups excluding carboxylic acids is 2. The van der Waals surface area contributed by atoms with E-state index in [0.29, 0.717) is 11.6 Å². The Labute approximate surface area is 121 Å². The van der Waals surface area contributed by atoms with Gasteiger partial charge in [-0.1, -0.05) is 35.5 Å². The van der Waals surface area contributed by atoms with E-state index in [0.717, 1.165) is 11.3 Å². The number of thioether (sulfide) groups is 1. The third-order valence-corrected chi connectivity index (χ3v) is 4.07. The highest BCUT2D eigenvalue weighted by atomic mass is 35.5. The zero-order chi connectivity index (χ0) is 13.8. The Kier molecular flexibility index (Phi) is 4.71. The van der Waals surface area contributed by atoms with Crippen molar-refractivity contribution >= 4 is 34.5 Å². The number of hydrogen-bond donors (Lipinski definition) is 1. The summed E-state index contributed by atoms with van der Waals surface area (Å²) in [5, 5.41) is 3.53. The van der Waals surface area contributed by atoms with Crippen LogP contribution in [0.2, 0.25) is 5.02 Å². The molecule has 2 amide bonds. The van der Waals surface area contributed by atoms with Gasteiger partial charge < -0.3 is 10.2 Å². The number of amides is 2. The van der Waals surface area contributed by atoms with Crippen molar-refractivity contribution < 1.29 is 9.59 Å². The molecule has 0 aromatic heterocycles. The standard InChI is InChI=1S/C13H15ClN2O2S/c1-9(10-2-4-11(14)5-3-10)15-12(17)8-16-6-7-19-13(16)18/h2-5,9H,6-8H2,1H3,(H,15,17)/t9-/m1/s1. The lowest BCUT2D eigenvalue weighted by atomic mass is 10.1. The second kappa shape index (κ2) is 6.30. The van der Waals surface area contributed by atoms with Crippen molar-refractivity contribution in [3.05, 3.63) is 34.9 Å². The van der Waals surface area contributed by atoms with Crippen LogP contribution < -0.4 is 5.32 Å². The fourth-order valence-electron chi connectivity index (χ4n) is 1.86. The second-order valence-corrected chi connectivity index (χ2v) is 5.86. The summed E-state index contributed by atoms with van der Waals surface area (Å²) in [5.41, 5.74) is 0.986. The minimum atomic E-state index is -0.140. The van der Waals surface area contributed by atoms with E-state index in [-0.39, 0.29) is 23.7 Å². The van der Waals surface area contributed by atoms with Crippen LogP contribution in [0.1, 0.15) is 18.5 Å². The van der Waals surface area contributed by atoms with Crippen LogP contribution in [0, 0.1) is 0 Å². The molecule has 1 fully saturated rings. The van der Waals surface area contributed by atoms with Gasteiger partial charge in [0.2, 0.25) is 5.91 Å². The smallest absolute Gasteiger partial charge is 0.282 e. The van der Waals surface area contributed by atoms with Crippen molar-refractivity contribution in [3.63, 3.8) is 0 Å². The third kappa shape index (κ3) is 3.88. The lowest BCUT2D eigenvalue weighted by molar-refractivity contribution is -0.122. The Morgan fingerprint density at radius 1 is 1.47 bits per heavy atom. The summed E-state index contributed by atoms with van der Waals surface area (Å²) < 4.78 is 0. The lowest BCUT2D eigenvalue weighted by Crippen LogP contribution is -2.38. The number of nitrogens with zero attached hydrogens (tertiary/aromatic N) is 1. The van der Waals surface area contributed by atoms with Crippen LogP contribution in [0.4, 0.5) is 4.79 Å². The van der Waals surface area contributed by atoms with Gasteiger partial charge in [0.1, 0.15) is 6.54 Å². The number of halogens is 1. The molecule has 1 aliphatic rings. The summed E-state index contributed by atoms with van der Waals surface area (Å²) in [4.78, 5) is 24.8. The molecule has 0 bridgehead atoms. The Bertz CT molecular complexity index is 478. The van der Waals surface area contributed by atoms with Crippen LogP contribution in [-0.4, -0.2) is 34.9 Å². The van der Waals surface area contributed by atoms with Crippen LogP contribution in [0.15, 0.2) is 24.3 Å². The van der Waals surface area contributed by atoms with Crippen molar-refractivity contribution in [2.45, 2.75) is 13.0 Å². The number of hydrogen-bond acceptors (Lipinski definition) is 3. The number of nitrogens with one attached hydrogen (secondary N) is 1. The average molecular weight is 299 g/mol. The first kappa shape index (κ1) is 14.2. The molecule has 1 aromatic carbocycles. The molecule has 1 N–H and O–H groups in total. The maximum atomic E-state index is 11.9. The first-order valence-electron chi connectivity index (χ1n) is 6.03. The Morgan fingerprint density at radius 2 is 2.16 bits per heavy atom. The van der Waals surface area contributed by atoms with E-state index in [2.05, 4.69) is 5.32 Å². The summed E-state index contributed by atoms with van der Waals surface area (Å²) in [7, 11) is 0. The molecule has 0 unspecified atom stereocenters. The molecule has 0 aliphatic carbocycles. The van der Waals surface area contributed by atoms with E-state index in [9.17, 15) is 9.59 Å². The fourth-order valence-corrected chi connectivity index (χ4v) is 2.82. The number of rotatable bonds is 4. The van der Waals surface area contributed by atoms with Crippen molar-refractivity contribution in [2.24, 2.45) is 0 Å². The van der Waals surface area contributed by atoms with Crippen molar-refractivity contribution in [1.82, 2.24) is 10.2 Å². The highest BCUT2D eigenvalue weighted by Gasteiger charge is 2.23. The van der Waals surface area contributed by atoms with Gasteiger partial charge in [0.25, 0.3) is 5.24 Å². The largest absolute Gasteiger partial charge is 0.348 e. The number of carbonyl (C=O) groups is 2. The van der Waals surface area contributed by atoms with Gasteiger partial charge in [-0.2, -0.15) is 0 Å². The van der Waals surface area contributed by atoms with E-state index in [1.807, 2.05) is 19.1 Å². The number of benzene rings is 1. The molecule has 4 nitrogen and oxygen atoms in total. The molecule has 2 rings (SSSR count). The molecule has 6 heteroatoms. The molecule has 1 atom stereocenters. The topological polar surface area (TPSA) is 49.4 Å². The summed E-state index contributed by atoms with van der Waals surface area (Å²) in [6, 6.07) is 7.24. The summed E-state index contributed by atoms with van der Waals surface area (Å²) in [6.45, 7) is 2.68. The van der Waals surface area contributed by atoms with E-state index < -0.39 is 0 Å². The predicted octanol–water partition coefficient (Wildman–Crippen LogP) is 2.69. The monoisotopic (exact) mass is 298 g/mol. The zero-order valence-corrected chi connectivity index (χ0v) is 12.1. The van der Waals surface area contributed by atoms with Crippen LogP contribution in [0.3, 0.4) is 0 Å². The van der Waals surface area contributed by atoms with Crippen LogP contribution >= 0.6 is 23.4 Å². The van der Waals surface area contributed by atoms with Gasteiger partial charge in [-0.3, -0.25) is 9.59 Å². The van der Waals surface area contributed by atoms with Crippen molar-refractivity contribution in [2.75, 3.05) is 18.8 Å². The normalized spacial score (nSPS) is 16.5. The Morgan fingerprint density at radius 3 is 2.74 bits per heavy atom. The average Bonchev–Trinajstić information content (AvgIpc) is 2.75.